The fraction of sp³-hybridized carbons (Fsp3) is 0.625. The topological polar surface area (TPSA) is 30.9 Å². The summed E-state index contributed by atoms with van der Waals surface area (Å²) in [6, 6.07) is 5.43. The van der Waals surface area contributed by atoms with Gasteiger partial charge in [-0.2, -0.15) is 13.2 Å². The second kappa shape index (κ2) is 7.40. The molecule has 1 heterocycles. The zero-order valence-electron chi connectivity index (χ0n) is 13.5. The molecule has 0 aromatic heterocycles. The van der Waals surface area contributed by atoms with Gasteiger partial charge in [0.15, 0.2) is 17.6 Å². The van der Waals surface area contributed by atoms with Gasteiger partial charge in [0.2, 0.25) is 0 Å². The summed E-state index contributed by atoms with van der Waals surface area (Å²) in [5, 5.41) is 0. The largest absolute Gasteiger partial charge is 0.493 e. The predicted molar refractivity (Wildman–Crippen MR) is 79.8 cm³/mol. The highest BCUT2D eigenvalue weighted by Gasteiger charge is 2.43. The van der Waals surface area contributed by atoms with Crippen molar-refractivity contribution in [3.8, 4) is 11.5 Å². The highest BCUT2D eigenvalue weighted by molar-refractivity contribution is 5.43. The van der Waals surface area contributed by atoms with Gasteiger partial charge in [0, 0.05) is 19.6 Å². The van der Waals surface area contributed by atoms with Gasteiger partial charge in [-0.15, -0.1) is 0 Å². The zero-order chi connectivity index (χ0) is 17.0. The van der Waals surface area contributed by atoms with Gasteiger partial charge in [-0.1, -0.05) is 6.07 Å². The minimum absolute atomic E-state index is 0.0153. The van der Waals surface area contributed by atoms with E-state index < -0.39 is 12.3 Å². The molecule has 0 N–H and O–H groups in total. The molecule has 1 aliphatic heterocycles. The molecule has 0 unspecified atom stereocenters. The molecule has 7 heteroatoms. The summed E-state index contributed by atoms with van der Waals surface area (Å²) in [7, 11) is 1.54. The van der Waals surface area contributed by atoms with Crippen LogP contribution in [0, 0.1) is 0 Å². The number of alkyl halides is 3. The van der Waals surface area contributed by atoms with Crippen LogP contribution in [0.4, 0.5) is 13.2 Å². The van der Waals surface area contributed by atoms with Crippen LogP contribution in [0.1, 0.15) is 19.4 Å². The van der Waals surface area contributed by atoms with E-state index in [9.17, 15) is 13.2 Å². The maximum atomic E-state index is 12.8. The lowest BCUT2D eigenvalue weighted by atomic mass is 10.1. The first kappa shape index (κ1) is 17.9. The van der Waals surface area contributed by atoms with Crippen molar-refractivity contribution in [1.82, 2.24) is 4.90 Å². The van der Waals surface area contributed by atoms with Gasteiger partial charge in [0.25, 0.3) is 0 Å². The molecule has 0 bridgehead atoms. The molecule has 1 aromatic rings. The van der Waals surface area contributed by atoms with Crippen molar-refractivity contribution in [2.75, 3.05) is 26.8 Å². The number of halogens is 3. The van der Waals surface area contributed by atoms with Crippen LogP contribution in [0.15, 0.2) is 18.2 Å². The summed E-state index contributed by atoms with van der Waals surface area (Å²) in [5.41, 5.74) is 0.876. The van der Waals surface area contributed by atoms with Crippen molar-refractivity contribution in [2.45, 2.75) is 38.8 Å². The fourth-order valence-corrected chi connectivity index (χ4v) is 2.46. The maximum Gasteiger partial charge on any atom is 0.415 e. The van der Waals surface area contributed by atoms with E-state index in [2.05, 4.69) is 0 Å². The quantitative estimate of drug-likeness (QED) is 0.828. The number of hydrogen-bond acceptors (Lipinski definition) is 4. The molecule has 1 atom stereocenters. The van der Waals surface area contributed by atoms with Crippen LogP contribution in [-0.4, -0.2) is 50.1 Å². The zero-order valence-corrected chi connectivity index (χ0v) is 13.5. The Bertz CT molecular complexity index is 520. The lowest BCUT2D eigenvalue weighted by molar-refractivity contribution is -0.237. The summed E-state index contributed by atoms with van der Waals surface area (Å²) in [6.45, 7) is 4.63. The molecule has 0 amide bonds. The van der Waals surface area contributed by atoms with Crippen molar-refractivity contribution in [1.29, 1.82) is 0 Å². The van der Waals surface area contributed by atoms with E-state index in [1.165, 1.54) is 0 Å². The Kier molecular flexibility index (Phi) is 5.75. The normalized spacial score (nSPS) is 19.9. The van der Waals surface area contributed by atoms with Gasteiger partial charge in [-0.25, -0.2) is 0 Å². The number of methoxy groups -OCH3 is 1. The molecule has 0 radical (unpaired) electrons. The van der Waals surface area contributed by atoms with Gasteiger partial charge < -0.3 is 14.2 Å². The molecule has 0 aliphatic carbocycles. The monoisotopic (exact) mass is 333 g/mol. The number of benzene rings is 1. The van der Waals surface area contributed by atoms with E-state index in [1.807, 2.05) is 19.9 Å². The third-order valence-corrected chi connectivity index (χ3v) is 3.51. The van der Waals surface area contributed by atoms with Crippen molar-refractivity contribution in [2.24, 2.45) is 0 Å². The van der Waals surface area contributed by atoms with Crippen molar-refractivity contribution < 1.29 is 27.4 Å². The van der Waals surface area contributed by atoms with Crippen LogP contribution in [0.2, 0.25) is 0 Å². The standard InChI is InChI=1S/C16H22F3NO3/c1-11(2)23-13-5-4-12(8-14(13)21-3)9-20-6-7-22-15(10-20)16(17,18)19/h4-5,8,11,15H,6-7,9-10H2,1-3H3/t15-/m0/s1. The van der Waals surface area contributed by atoms with Crippen LogP contribution >= 0.6 is 0 Å². The van der Waals surface area contributed by atoms with Crippen LogP contribution in [0.3, 0.4) is 0 Å². The molecule has 23 heavy (non-hydrogen) atoms. The van der Waals surface area contributed by atoms with E-state index in [4.69, 9.17) is 14.2 Å². The van der Waals surface area contributed by atoms with Crippen LogP contribution in [0.25, 0.3) is 0 Å². The second-order valence-electron chi connectivity index (χ2n) is 5.79. The van der Waals surface area contributed by atoms with Crippen LogP contribution in [-0.2, 0) is 11.3 Å². The first-order chi connectivity index (χ1) is 10.8. The molecule has 1 saturated heterocycles. The maximum absolute atomic E-state index is 12.8. The van der Waals surface area contributed by atoms with Gasteiger partial charge in [0.1, 0.15) is 0 Å². The molecular formula is C16H22F3NO3. The number of rotatable bonds is 5. The Labute approximate surface area is 134 Å². The van der Waals surface area contributed by atoms with E-state index >= 15 is 0 Å². The molecule has 4 nitrogen and oxygen atoms in total. The lowest BCUT2D eigenvalue weighted by Gasteiger charge is -2.33. The fourth-order valence-electron chi connectivity index (χ4n) is 2.46. The Balaban J connectivity index is 2.05. The number of nitrogens with zero attached hydrogens (tertiary/aromatic N) is 1. The Morgan fingerprint density at radius 3 is 2.65 bits per heavy atom. The molecule has 130 valence electrons. The average Bonchev–Trinajstić information content (AvgIpc) is 2.47. The molecule has 1 aromatic carbocycles. The molecule has 1 aliphatic rings. The van der Waals surface area contributed by atoms with E-state index in [-0.39, 0.29) is 19.3 Å². The summed E-state index contributed by atoms with van der Waals surface area (Å²) in [4.78, 5) is 1.74. The smallest absolute Gasteiger partial charge is 0.415 e. The van der Waals surface area contributed by atoms with Crippen LogP contribution in [0.5, 0.6) is 11.5 Å². The van der Waals surface area contributed by atoms with E-state index in [0.717, 1.165) is 5.56 Å². The predicted octanol–water partition coefficient (Wildman–Crippen LogP) is 3.25. The molecule has 0 saturated carbocycles. The molecular weight excluding hydrogens is 311 g/mol. The molecule has 0 spiro atoms. The third kappa shape index (κ3) is 5.00. The number of hydrogen-bond donors (Lipinski definition) is 0. The summed E-state index contributed by atoms with van der Waals surface area (Å²) in [5.74, 6) is 1.21. The Hall–Kier alpha value is -1.47. The highest BCUT2D eigenvalue weighted by atomic mass is 19.4. The first-order valence-electron chi connectivity index (χ1n) is 7.54. The van der Waals surface area contributed by atoms with E-state index in [0.29, 0.717) is 24.6 Å². The van der Waals surface area contributed by atoms with Gasteiger partial charge in [0.05, 0.1) is 19.8 Å². The summed E-state index contributed by atoms with van der Waals surface area (Å²) >= 11 is 0. The summed E-state index contributed by atoms with van der Waals surface area (Å²) in [6.07, 6.45) is -6.03. The average molecular weight is 333 g/mol. The highest BCUT2D eigenvalue weighted by Crippen LogP contribution is 2.30. The third-order valence-electron chi connectivity index (χ3n) is 3.51. The van der Waals surface area contributed by atoms with Gasteiger partial charge in [-0.05, 0) is 31.5 Å². The SMILES string of the molecule is COc1cc(CN2CCO[C@H](C(F)(F)F)C2)ccc1OC(C)C. The molecule has 2 rings (SSSR count). The summed E-state index contributed by atoms with van der Waals surface area (Å²) < 4.78 is 54.0. The Morgan fingerprint density at radius 2 is 2.04 bits per heavy atom. The van der Waals surface area contributed by atoms with Crippen molar-refractivity contribution in [3.63, 3.8) is 0 Å². The molecule has 1 fully saturated rings. The van der Waals surface area contributed by atoms with Gasteiger partial charge in [-0.3, -0.25) is 4.90 Å². The lowest BCUT2D eigenvalue weighted by Crippen LogP contribution is -2.48. The number of ether oxygens (including phenoxy) is 3. The van der Waals surface area contributed by atoms with Gasteiger partial charge >= 0.3 is 6.18 Å². The minimum atomic E-state index is -4.33. The van der Waals surface area contributed by atoms with Crippen molar-refractivity contribution in [3.05, 3.63) is 23.8 Å². The first-order valence-corrected chi connectivity index (χ1v) is 7.54. The second-order valence-corrected chi connectivity index (χ2v) is 5.79. The minimum Gasteiger partial charge on any atom is -0.493 e. The van der Waals surface area contributed by atoms with Crippen molar-refractivity contribution >= 4 is 0 Å². The van der Waals surface area contributed by atoms with Crippen LogP contribution < -0.4 is 9.47 Å². The number of morpholine rings is 1. The Morgan fingerprint density at radius 1 is 1.30 bits per heavy atom. The van der Waals surface area contributed by atoms with E-state index in [1.54, 1.807) is 24.1 Å².